The number of nitrogens with zero attached hydrogens (tertiary/aromatic N) is 2. The van der Waals surface area contributed by atoms with Crippen LogP contribution in [-0.4, -0.2) is 11.4 Å². The predicted octanol–water partition coefficient (Wildman–Crippen LogP) is 4.48. The molecule has 1 fully saturated rings. The number of nitriles is 1. The van der Waals surface area contributed by atoms with Crippen LogP contribution in [0.25, 0.3) is 22.2 Å². The number of aromatic nitrogens is 1. The number of halogens is 1. The number of hydrogen-bond donors (Lipinski definition) is 1. The van der Waals surface area contributed by atoms with E-state index < -0.39 is 6.86 Å². The summed E-state index contributed by atoms with van der Waals surface area (Å²) in [6, 6.07) is 15.3. The molecule has 1 aromatic heterocycles. The maximum absolute atomic E-state index is 12.6. The summed E-state index contributed by atoms with van der Waals surface area (Å²) >= 11 is 0. The molecule has 0 amide bonds. The highest BCUT2D eigenvalue weighted by molar-refractivity contribution is 5.95. The SMILES string of the molecule is N#Cc1c(-c2ccc(N)cc2)n(CC2CC2)c2cc(OCF)ccc12. The van der Waals surface area contributed by atoms with Gasteiger partial charge in [-0.15, -0.1) is 0 Å². The van der Waals surface area contributed by atoms with Crippen LogP contribution < -0.4 is 10.5 Å². The van der Waals surface area contributed by atoms with E-state index in [0.717, 1.165) is 28.7 Å². The Morgan fingerprint density at radius 3 is 2.60 bits per heavy atom. The third-order valence-electron chi connectivity index (χ3n) is 4.69. The van der Waals surface area contributed by atoms with Gasteiger partial charge in [0.2, 0.25) is 6.86 Å². The maximum Gasteiger partial charge on any atom is 0.228 e. The third-order valence-corrected chi connectivity index (χ3v) is 4.69. The summed E-state index contributed by atoms with van der Waals surface area (Å²) in [5.41, 5.74) is 9.87. The van der Waals surface area contributed by atoms with Gasteiger partial charge in [0.25, 0.3) is 0 Å². The number of alkyl halides is 1. The normalized spacial score (nSPS) is 13.8. The molecule has 2 aromatic carbocycles. The highest BCUT2D eigenvalue weighted by Gasteiger charge is 2.26. The van der Waals surface area contributed by atoms with Gasteiger partial charge in [-0.05, 0) is 48.6 Å². The minimum atomic E-state index is -0.870. The lowest BCUT2D eigenvalue weighted by atomic mass is 10.1. The average Bonchev–Trinajstić information content (AvgIpc) is 3.38. The summed E-state index contributed by atoms with van der Waals surface area (Å²) in [6.07, 6.45) is 2.40. The third kappa shape index (κ3) is 2.80. The van der Waals surface area contributed by atoms with Crippen molar-refractivity contribution in [2.75, 3.05) is 12.6 Å². The van der Waals surface area contributed by atoms with Crippen molar-refractivity contribution >= 4 is 16.6 Å². The van der Waals surface area contributed by atoms with Gasteiger partial charge in [-0.25, -0.2) is 4.39 Å². The lowest BCUT2D eigenvalue weighted by Gasteiger charge is -2.11. The zero-order valence-corrected chi connectivity index (χ0v) is 13.7. The Morgan fingerprint density at radius 1 is 1.20 bits per heavy atom. The maximum atomic E-state index is 12.6. The summed E-state index contributed by atoms with van der Waals surface area (Å²) in [5.74, 6) is 1.10. The number of benzene rings is 2. The highest BCUT2D eigenvalue weighted by atomic mass is 19.1. The van der Waals surface area contributed by atoms with Crippen molar-refractivity contribution in [3.05, 3.63) is 48.0 Å². The fourth-order valence-electron chi connectivity index (χ4n) is 3.28. The number of anilines is 1. The molecule has 0 atom stereocenters. The molecule has 3 aromatic rings. The van der Waals surface area contributed by atoms with Crippen molar-refractivity contribution < 1.29 is 9.13 Å². The molecule has 0 bridgehead atoms. The van der Waals surface area contributed by atoms with E-state index in [0.29, 0.717) is 22.9 Å². The molecule has 2 N–H and O–H groups in total. The topological polar surface area (TPSA) is 64.0 Å². The number of nitrogen functional groups attached to an aromatic ring is 1. The molecule has 4 rings (SSSR count). The van der Waals surface area contributed by atoms with E-state index in [1.807, 2.05) is 36.4 Å². The van der Waals surface area contributed by atoms with Crippen LogP contribution in [0, 0.1) is 17.2 Å². The summed E-state index contributed by atoms with van der Waals surface area (Å²) in [5, 5.41) is 10.7. The Kier molecular flexibility index (Phi) is 3.81. The van der Waals surface area contributed by atoms with Gasteiger partial charge in [0.05, 0.1) is 16.8 Å². The quantitative estimate of drug-likeness (QED) is 0.699. The van der Waals surface area contributed by atoms with E-state index in [4.69, 9.17) is 10.5 Å². The molecule has 1 saturated carbocycles. The molecular formula is C20H18FN3O. The number of ether oxygens (including phenoxy) is 1. The second-order valence-corrected chi connectivity index (χ2v) is 6.44. The predicted molar refractivity (Wildman–Crippen MR) is 95.8 cm³/mol. The van der Waals surface area contributed by atoms with E-state index in [1.165, 1.54) is 12.8 Å². The Balaban J connectivity index is 1.97. The largest absolute Gasteiger partial charge is 0.463 e. The van der Waals surface area contributed by atoms with Crippen LogP contribution in [-0.2, 0) is 6.54 Å². The van der Waals surface area contributed by atoms with Crippen LogP contribution in [0.15, 0.2) is 42.5 Å². The van der Waals surface area contributed by atoms with Gasteiger partial charge in [0, 0.05) is 23.7 Å². The van der Waals surface area contributed by atoms with Gasteiger partial charge in [0.15, 0.2) is 0 Å². The zero-order valence-electron chi connectivity index (χ0n) is 13.7. The van der Waals surface area contributed by atoms with Crippen molar-refractivity contribution in [1.82, 2.24) is 4.57 Å². The molecule has 0 aliphatic heterocycles. The lowest BCUT2D eigenvalue weighted by Crippen LogP contribution is -2.02. The van der Waals surface area contributed by atoms with E-state index in [-0.39, 0.29) is 0 Å². The van der Waals surface area contributed by atoms with Crippen LogP contribution in [0.3, 0.4) is 0 Å². The summed E-state index contributed by atoms with van der Waals surface area (Å²) in [6.45, 7) is -0.0261. The Labute approximate surface area is 145 Å². The molecular weight excluding hydrogens is 317 g/mol. The van der Waals surface area contributed by atoms with Gasteiger partial charge in [0.1, 0.15) is 11.8 Å². The van der Waals surface area contributed by atoms with Gasteiger partial charge in [-0.3, -0.25) is 0 Å². The van der Waals surface area contributed by atoms with E-state index in [2.05, 4.69) is 10.6 Å². The first kappa shape index (κ1) is 15.5. The van der Waals surface area contributed by atoms with E-state index in [1.54, 1.807) is 6.07 Å². The van der Waals surface area contributed by atoms with Crippen LogP contribution >= 0.6 is 0 Å². The van der Waals surface area contributed by atoms with Gasteiger partial charge in [-0.1, -0.05) is 12.1 Å². The van der Waals surface area contributed by atoms with Crippen molar-refractivity contribution in [1.29, 1.82) is 5.26 Å². The van der Waals surface area contributed by atoms with Gasteiger partial charge >= 0.3 is 0 Å². The smallest absolute Gasteiger partial charge is 0.228 e. The molecule has 0 spiro atoms. The molecule has 5 heteroatoms. The van der Waals surface area contributed by atoms with Crippen molar-refractivity contribution in [2.45, 2.75) is 19.4 Å². The van der Waals surface area contributed by atoms with Crippen molar-refractivity contribution in [3.63, 3.8) is 0 Å². The number of nitrogens with two attached hydrogens (primary N) is 1. The molecule has 0 saturated heterocycles. The second kappa shape index (κ2) is 6.14. The summed E-state index contributed by atoms with van der Waals surface area (Å²) < 4.78 is 19.7. The first-order valence-corrected chi connectivity index (χ1v) is 8.32. The van der Waals surface area contributed by atoms with Crippen LogP contribution in [0.5, 0.6) is 5.75 Å². The molecule has 25 heavy (non-hydrogen) atoms. The van der Waals surface area contributed by atoms with Crippen LogP contribution in [0.2, 0.25) is 0 Å². The van der Waals surface area contributed by atoms with Crippen LogP contribution in [0.1, 0.15) is 18.4 Å². The average molecular weight is 335 g/mol. The molecule has 1 aliphatic carbocycles. The minimum Gasteiger partial charge on any atom is -0.463 e. The molecule has 126 valence electrons. The van der Waals surface area contributed by atoms with E-state index >= 15 is 0 Å². The first-order valence-electron chi connectivity index (χ1n) is 8.32. The van der Waals surface area contributed by atoms with Gasteiger partial charge in [-0.2, -0.15) is 5.26 Å². The standard InChI is InChI=1S/C20H18FN3O/c21-12-25-16-7-8-17-18(10-22)20(14-3-5-15(23)6-4-14)24(19(17)9-16)11-13-1-2-13/h3-9,13H,1-2,11-12,23H2. The van der Waals surface area contributed by atoms with Crippen LogP contribution in [0.4, 0.5) is 10.1 Å². The summed E-state index contributed by atoms with van der Waals surface area (Å²) in [4.78, 5) is 0. The van der Waals surface area contributed by atoms with Crippen molar-refractivity contribution in [3.8, 4) is 23.1 Å². The molecule has 1 aliphatic rings. The monoisotopic (exact) mass is 335 g/mol. The number of hydrogen-bond acceptors (Lipinski definition) is 3. The first-order chi connectivity index (χ1) is 12.2. The summed E-state index contributed by atoms with van der Waals surface area (Å²) in [7, 11) is 0. The Hall–Kier alpha value is -3.00. The molecule has 1 heterocycles. The Bertz CT molecular complexity index is 965. The Morgan fingerprint density at radius 2 is 1.96 bits per heavy atom. The number of fused-ring (bicyclic) bond motifs is 1. The fourth-order valence-corrected chi connectivity index (χ4v) is 3.28. The molecule has 4 nitrogen and oxygen atoms in total. The lowest BCUT2D eigenvalue weighted by molar-refractivity contribution is 0.192. The second-order valence-electron chi connectivity index (χ2n) is 6.44. The van der Waals surface area contributed by atoms with E-state index in [9.17, 15) is 9.65 Å². The van der Waals surface area contributed by atoms with Crippen molar-refractivity contribution in [2.24, 2.45) is 5.92 Å². The number of rotatable bonds is 5. The minimum absolute atomic E-state index is 0.470. The molecule has 0 unspecified atom stereocenters. The highest BCUT2D eigenvalue weighted by Crippen LogP contribution is 2.39. The molecule has 0 radical (unpaired) electrons. The zero-order chi connectivity index (χ0) is 17.4. The fraction of sp³-hybridized carbons (Fsp3) is 0.250. The van der Waals surface area contributed by atoms with Gasteiger partial charge < -0.3 is 15.0 Å².